The Morgan fingerprint density at radius 1 is 1.41 bits per heavy atom. The van der Waals surface area contributed by atoms with E-state index < -0.39 is 10.0 Å². The van der Waals surface area contributed by atoms with E-state index in [4.69, 9.17) is 23.2 Å². The highest BCUT2D eigenvalue weighted by Crippen LogP contribution is 2.34. The lowest BCUT2D eigenvalue weighted by Crippen LogP contribution is -2.36. The third-order valence-corrected chi connectivity index (χ3v) is 6.91. The smallest absolute Gasteiger partial charge is 0.244 e. The summed E-state index contributed by atoms with van der Waals surface area (Å²) in [7, 11) is -3.68. The number of halogens is 3. The van der Waals surface area contributed by atoms with Crippen molar-refractivity contribution < 1.29 is 13.2 Å². The van der Waals surface area contributed by atoms with Crippen LogP contribution in [0, 0.1) is 0 Å². The van der Waals surface area contributed by atoms with Gasteiger partial charge in [0.1, 0.15) is 11.2 Å². The van der Waals surface area contributed by atoms with Gasteiger partial charge in [0.25, 0.3) is 0 Å². The van der Waals surface area contributed by atoms with Crippen LogP contribution in [0.3, 0.4) is 0 Å². The zero-order chi connectivity index (χ0) is 16.3. The molecule has 1 heterocycles. The van der Waals surface area contributed by atoms with E-state index in [1.54, 1.807) is 0 Å². The van der Waals surface area contributed by atoms with Crippen LogP contribution in [-0.2, 0) is 20.1 Å². The number of sulfonamides is 1. The molecule has 1 aliphatic heterocycles. The minimum Gasteiger partial charge on any atom is -0.306 e. The van der Waals surface area contributed by atoms with Crippen molar-refractivity contribution in [2.24, 2.45) is 0 Å². The second-order valence-electron chi connectivity index (χ2n) is 4.90. The lowest BCUT2D eigenvalue weighted by molar-refractivity contribution is -0.107. The molecule has 9 heteroatoms. The Morgan fingerprint density at radius 2 is 2.14 bits per heavy atom. The molecule has 1 N–H and O–H groups in total. The molecule has 1 aliphatic rings. The first kappa shape index (κ1) is 18.2. The SMILES string of the molecule is O=CCNC1CCN(S(=O)(=O)c2ccc(Cl)c(CBr)c2Cl)C1. The van der Waals surface area contributed by atoms with Gasteiger partial charge in [-0.15, -0.1) is 0 Å². The third-order valence-electron chi connectivity index (χ3n) is 3.54. The predicted molar refractivity (Wildman–Crippen MR) is 90.3 cm³/mol. The highest BCUT2D eigenvalue weighted by atomic mass is 79.9. The molecule has 0 bridgehead atoms. The number of carbonyl (C=O) groups excluding carboxylic acids is 1. The summed E-state index contributed by atoms with van der Waals surface area (Å²) in [6, 6.07) is 2.94. The van der Waals surface area contributed by atoms with E-state index in [1.165, 1.54) is 16.4 Å². The minimum absolute atomic E-state index is 0.0262. The van der Waals surface area contributed by atoms with Crippen molar-refractivity contribution in [3.05, 3.63) is 27.7 Å². The van der Waals surface area contributed by atoms with Crippen LogP contribution in [0.1, 0.15) is 12.0 Å². The van der Waals surface area contributed by atoms with Gasteiger partial charge < -0.3 is 10.1 Å². The van der Waals surface area contributed by atoms with E-state index >= 15 is 0 Å². The summed E-state index contributed by atoms with van der Waals surface area (Å²) in [5.41, 5.74) is 0.555. The molecule has 1 atom stereocenters. The van der Waals surface area contributed by atoms with Crippen molar-refractivity contribution in [1.29, 1.82) is 0 Å². The standard InChI is InChI=1S/C13H15BrCl2N2O3S/c14-7-10-11(15)1-2-12(13(10)16)22(20,21)18-5-3-9(8-18)17-4-6-19/h1-2,6,9,17H,3-5,7-8H2. The van der Waals surface area contributed by atoms with Crippen LogP contribution in [0.2, 0.25) is 10.0 Å². The van der Waals surface area contributed by atoms with Gasteiger partial charge in [-0.3, -0.25) is 0 Å². The summed E-state index contributed by atoms with van der Waals surface area (Å²) in [4.78, 5) is 10.4. The largest absolute Gasteiger partial charge is 0.306 e. The van der Waals surface area contributed by atoms with Crippen molar-refractivity contribution in [1.82, 2.24) is 9.62 Å². The Labute approximate surface area is 148 Å². The lowest BCUT2D eigenvalue weighted by atomic mass is 10.2. The monoisotopic (exact) mass is 428 g/mol. The molecule has 5 nitrogen and oxygen atoms in total. The number of hydrogen-bond acceptors (Lipinski definition) is 4. The van der Waals surface area contributed by atoms with Gasteiger partial charge in [0, 0.05) is 35.0 Å². The van der Waals surface area contributed by atoms with E-state index in [-0.39, 0.29) is 22.5 Å². The molecular formula is C13H15BrCl2N2O3S. The molecule has 1 fully saturated rings. The molecular weight excluding hydrogens is 415 g/mol. The van der Waals surface area contributed by atoms with Gasteiger partial charge in [-0.1, -0.05) is 39.1 Å². The van der Waals surface area contributed by atoms with Crippen LogP contribution in [0.5, 0.6) is 0 Å². The molecule has 2 rings (SSSR count). The summed E-state index contributed by atoms with van der Waals surface area (Å²) >= 11 is 15.5. The molecule has 0 saturated carbocycles. The average Bonchev–Trinajstić information content (AvgIpc) is 2.95. The fourth-order valence-corrected chi connectivity index (χ4v) is 5.66. The molecule has 1 aromatic rings. The van der Waals surface area contributed by atoms with E-state index in [0.29, 0.717) is 35.4 Å². The third kappa shape index (κ3) is 3.66. The van der Waals surface area contributed by atoms with E-state index in [0.717, 1.165) is 6.29 Å². The number of alkyl halides is 1. The lowest BCUT2D eigenvalue weighted by Gasteiger charge is -2.19. The molecule has 0 radical (unpaired) electrons. The maximum absolute atomic E-state index is 12.7. The Kier molecular flexibility index (Phi) is 6.27. The number of aldehydes is 1. The van der Waals surface area contributed by atoms with Gasteiger partial charge >= 0.3 is 0 Å². The van der Waals surface area contributed by atoms with E-state index in [9.17, 15) is 13.2 Å². The molecule has 1 aromatic carbocycles. The van der Waals surface area contributed by atoms with Crippen molar-refractivity contribution in [3.8, 4) is 0 Å². The number of nitrogens with zero attached hydrogens (tertiary/aromatic N) is 1. The van der Waals surface area contributed by atoms with Crippen LogP contribution in [0.4, 0.5) is 0 Å². The Balaban J connectivity index is 2.27. The molecule has 1 unspecified atom stereocenters. The van der Waals surface area contributed by atoms with Crippen molar-refractivity contribution in [2.45, 2.75) is 22.7 Å². The molecule has 1 saturated heterocycles. The maximum Gasteiger partial charge on any atom is 0.244 e. The fourth-order valence-electron chi connectivity index (χ4n) is 2.36. The van der Waals surface area contributed by atoms with Crippen molar-refractivity contribution in [3.63, 3.8) is 0 Å². The number of nitrogens with one attached hydrogen (secondary N) is 1. The summed E-state index contributed by atoms with van der Waals surface area (Å²) in [5, 5.41) is 3.94. The molecule has 122 valence electrons. The topological polar surface area (TPSA) is 66.5 Å². The highest BCUT2D eigenvalue weighted by molar-refractivity contribution is 9.08. The van der Waals surface area contributed by atoms with Gasteiger partial charge in [0.05, 0.1) is 11.6 Å². The normalized spacial score (nSPS) is 19.5. The van der Waals surface area contributed by atoms with Gasteiger partial charge in [0.15, 0.2) is 0 Å². The van der Waals surface area contributed by atoms with Gasteiger partial charge in [0.2, 0.25) is 10.0 Å². The second-order valence-corrected chi connectivity index (χ2v) is 8.15. The van der Waals surface area contributed by atoms with Gasteiger partial charge in [-0.2, -0.15) is 4.31 Å². The number of rotatable bonds is 6. The first-order chi connectivity index (χ1) is 10.4. The molecule has 0 spiro atoms. The summed E-state index contributed by atoms with van der Waals surface area (Å²) in [5.74, 6) is 0. The molecule has 22 heavy (non-hydrogen) atoms. The Morgan fingerprint density at radius 3 is 2.77 bits per heavy atom. The van der Waals surface area contributed by atoms with Crippen LogP contribution in [0.25, 0.3) is 0 Å². The van der Waals surface area contributed by atoms with Crippen LogP contribution >= 0.6 is 39.1 Å². The second kappa shape index (κ2) is 7.59. The maximum atomic E-state index is 12.7. The summed E-state index contributed by atoms with van der Waals surface area (Å²) < 4.78 is 26.9. The molecule has 0 amide bonds. The van der Waals surface area contributed by atoms with Crippen molar-refractivity contribution in [2.75, 3.05) is 19.6 Å². The van der Waals surface area contributed by atoms with Gasteiger partial charge in [-0.25, -0.2) is 8.42 Å². The van der Waals surface area contributed by atoms with E-state index in [2.05, 4.69) is 21.2 Å². The van der Waals surface area contributed by atoms with E-state index in [1.807, 2.05) is 0 Å². The minimum atomic E-state index is -3.68. The van der Waals surface area contributed by atoms with Crippen molar-refractivity contribution >= 4 is 55.4 Å². The highest BCUT2D eigenvalue weighted by Gasteiger charge is 2.34. The average molecular weight is 430 g/mol. The Bertz CT molecular complexity index is 669. The fraction of sp³-hybridized carbons (Fsp3) is 0.462. The molecule has 0 aromatic heterocycles. The summed E-state index contributed by atoms with van der Waals surface area (Å²) in [6.07, 6.45) is 1.42. The zero-order valence-corrected chi connectivity index (χ0v) is 15.5. The summed E-state index contributed by atoms with van der Waals surface area (Å²) in [6.45, 7) is 0.925. The Hall–Kier alpha value is -0.180. The first-order valence-corrected chi connectivity index (χ1v) is 9.93. The zero-order valence-electron chi connectivity index (χ0n) is 11.6. The van der Waals surface area contributed by atoms with Crippen LogP contribution in [0.15, 0.2) is 17.0 Å². The predicted octanol–water partition coefficient (Wildman–Crippen LogP) is 2.44. The first-order valence-electron chi connectivity index (χ1n) is 6.61. The van der Waals surface area contributed by atoms with Crippen LogP contribution < -0.4 is 5.32 Å². The number of carbonyl (C=O) groups is 1. The number of benzene rings is 1. The quantitative estimate of drug-likeness (QED) is 0.557. The molecule has 0 aliphatic carbocycles. The van der Waals surface area contributed by atoms with Crippen LogP contribution in [-0.4, -0.2) is 44.7 Å². The van der Waals surface area contributed by atoms with Gasteiger partial charge in [-0.05, 0) is 18.6 Å². The number of hydrogen-bond donors (Lipinski definition) is 1.